The van der Waals surface area contributed by atoms with Crippen molar-refractivity contribution in [2.24, 2.45) is 5.10 Å². The smallest absolute Gasteiger partial charge is 0.282 e. The van der Waals surface area contributed by atoms with Crippen LogP contribution in [0.3, 0.4) is 0 Å². The van der Waals surface area contributed by atoms with Gasteiger partial charge in [-0.2, -0.15) is 9.78 Å². The second kappa shape index (κ2) is 12.2. The number of rotatable bonds is 8. The van der Waals surface area contributed by atoms with Gasteiger partial charge < -0.3 is 9.47 Å². The lowest BCUT2D eigenvalue weighted by molar-refractivity contribution is -0.384. The molecular weight excluding hydrogens is 600 g/mol. The lowest BCUT2D eigenvalue weighted by atomic mass is 9.88. The van der Waals surface area contributed by atoms with Crippen LogP contribution in [0.1, 0.15) is 55.0 Å². The molecule has 0 saturated heterocycles. The minimum absolute atomic E-state index is 0.00278. The Labute approximate surface area is 243 Å². The third-order valence-electron chi connectivity index (χ3n) is 6.91. The minimum Gasteiger partial charge on any atom is -0.493 e. The number of ether oxygens (including phenoxy) is 2. The molecule has 1 aliphatic rings. The zero-order valence-electron chi connectivity index (χ0n) is 21.7. The maximum Gasteiger partial charge on any atom is 0.282 e. The summed E-state index contributed by atoms with van der Waals surface area (Å²) >= 11 is 10.0. The normalized spacial score (nSPS) is 14.1. The van der Waals surface area contributed by atoms with E-state index in [0.29, 0.717) is 38.8 Å². The van der Waals surface area contributed by atoms with Gasteiger partial charge in [-0.15, -0.1) is 0 Å². The highest BCUT2D eigenvalue weighted by Crippen LogP contribution is 2.37. The van der Waals surface area contributed by atoms with Gasteiger partial charge in [0.2, 0.25) is 0 Å². The molecule has 40 heavy (non-hydrogen) atoms. The van der Waals surface area contributed by atoms with Crippen LogP contribution in [0.2, 0.25) is 5.02 Å². The molecule has 0 spiro atoms. The van der Waals surface area contributed by atoms with Crippen molar-refractivity contribution >= 4 is 50.3 Å². The third-order valence-corrected chi connectivity index (χ3v) is 7.68. The maximum absolute atomic E-state index is 13.6. The Bertz CT molecular complexity index is 1650. The molecule has 0 amide bonds. The SMILES string of the molecule is COc1cc(C=Nn2c(C3CCCCC3)nc3ccc(Br)cc3c2=O)cc(Cl)c1OCc1ccc([N+](=O)[O-])cc1. The quantitative estimate of drug-likeness (QED) is 0.116. The molecule has 0 atom stereocenters. The summed E-state index contributed by atoms with van der Waals surface area (Å²) in [5.74, 6) is 1.53. The molecule has 1 aliphatic carbocycles. The zero-order valence-corrected chi connectivity index (χ0v) is 24.0. The van der Waals surface area contributed by atoms with Gasteiger partial charge in [-0.05, 0) is 66.4 Å². The number of nitrogens with zero attached hydrogens (tertiary/aromatic N) is 4. The van der Waals surface area contributed by atoms with E-state index >= 15 is 0 Å². The minimum atomic E-state index is -0.454. The number of benzene rings is 3. The highest BCUT2D eigenvalue weighted by Gasteiger charge is 2.22. The van der Waals surface area contributed by atoms with E-state index in [-0.39, 0.29) is 23.8 Å². The molecule has 0 radical (unpaired) electrons. The molecule has 0 bridgehead atoms. The first-order valence-corrected chi connectivity index (χ1v) is 14.0. The number of aromatic nitrogens is 2. The summed E-state index contributed by atoms with van der Waals surface area (Å²) in [5.41, 5.74) is 1.77. The predicted octanol–water partition coefficient (Wildman–Crippen LogP) is 7.24. The van der Waals surface area contributed by atoms with Crippen molar-refractivity contribution in [2.45, 2.75) is 44.6 Å². The summed E-state index contributed by atoms with van der Waals surface area (Å²) in [7, 11) is 1.50. The molecule has 1 heterocycles. The molecule has 0 N–H and O–H groups in total. The van der Waals surface area contributed by atoms with Crippen molar-refractivity contribution in [3.05, 3.63) is 102 Å². The molecule has 1 aromatic heterocycles. The monoisotopic (exact) mass is 624 g/mol. The van der Waals surface area contributed by atoms with E-state index in [4.69, 9.17) is 26.1 Å². The number of nitro groups is 1. The fourth-order valence-electron chi connectivity index (χ4n) is 4.85. The number of hydrogen-bond donors (Lipinski definition) is 0. The van der Waals surface area contributed by atoms with Crippen LogP contribution >= 0.6 is 27.5 Å². The van der Waals surface area contributed by atoms with Crippen molar-refractivity contribution < 1.29 is 14.4 Å². The Morgan fingerprint density at radius 3 is 2.60 bits per heavy atom. The van der Waals surface area contributed by atoms with Crippen molar-refractivity contribution in [2.75, 3.05) is 7.11 Å². The number of fused-ring (bicyclic) bond motifs is 1. The van der Waals surface area contributed by atoms with Crippen molar-refractivity contribution in [3.63, 3.8) is 0 Å². The van der Waals surface area contributed by atoms with Crippen molar-refractivity contribution in [1.82, 2.24) is 9.66 Å². The Kier molecular flexibility index (Phi) is 8.46. The summed E-state index contributed by atoms with van der Waals surface area (Å²) in [6.45, 7) is 0.139. The van der Waals surface area contributed by atoms with E-state index in [1.807, 2.05) is 12.1 Å². The number of non-ortho nitro benzene ring substituents is 1. The van der Waals surface area contributed by atoms with E-state index in [1.165, 1.54) is 30.3 Å². The third kappa shape index (κ3) is 6.03. The standard InChI is InChI=1S/C29H26BrClN4O5/c1-39-26-14-19(13-24(31)27(26)40-17-18-7-10-22(11-8-18)35(37)38)16-32-34-28(20-5-3-2-4-6-20)33-25-12-9-21(30)15-23(25)29(34)36/h7-16,20H,2-6,17H2,1H3. The van der Waals surface area contributed by atoms with Crippen LogP contribution in [0.5, 0.6) is 11.5 Å². The highest BCUT2D eigenvalue weighted by molar-refractivity contribution is 9.10. The average Bonchev–Trinajstić information content (AvgIpc) is 2.96. The summed E-state index contributed by atoms with van der Waals surface area (Å²) in [5, 5.41) is 16.3. The lowest BCUT2D eigenvalue weighted by Gasteiger charge is -2.22. The molecule has 206 valence electrons. The highest BCUT2D eigenvalue weighted by atomic mass is 79.9. The molecule has 0 aliphatic heterocycles. The van der Waals surface area contributed by atoms with E-state index < -0.39 is 4.92 Å². The molecule has 9 nitrogen and oxygen atoms in total. The van der Waals surface area contributed by atoms with Crippen LogP contribution in [0.15, 0.2) is 69.0 Å². The number of halogens is 2. The van der Waals surface area contributed by atoms with Crippen LogP contribution in [-0.2, 0) is 6.61 Å². The summed E-state index contributed by atoms with van der Waals surface area (Å²) in [6, 6.07) is 15.0. The Morgan fingerprint density at radius 2 is 1.90 bits per heavy atom. The Hall–Kier alpha value is -3.76. The number of methoxy groups -OCH3 is 1. The number of nitro benzene ring substituents is 1. The van der Waals surface area contributed by atoms with Gasteiger partial charge in [-0.3, -0.25) is 14.9 Å². The van der Waals surface area contributed by atoms with E-state index in [9.17, 15) is 14.9 Å². The van der Waals surface area contributed by atoms with E-state index in [2.05, 4.69) is 21.0 Å². The van der Waals surface area contributed by atoms with Gasteiger partial charge in [0.25, 0.3) is 11.2 Å². The molecular formula is C29H26BrClN4O5. The average molecular weight is 626 g/mol. The fourth-order valence-corrected chi connectivity index (χ4v) is 5.49. The van der Waals surface area contributed by atoms with Gasteiger partial charge in [-0.25, -0.2) is 4.98 Å². The molecule has 5 rings (SSSR count). The van der Waals surface area contributed by atoms with E-state index in [0.717, 1.165) is 35.7 Å². The molecule has 1 saturated carbocycles. The van der Waals surface area contributed by atoms with Gasteiger partial charge in [0.1, 0.15) is 12.4 Å². The zero-order chi connectivity index (χ0) is 28.2. The molecule has 4 aromatic rings. The Morgan fingerprint density at radius 1 is 1.15 bits per heavy atom. The topological polar surface area (TPSA) is 109 Å². The van der Waals surface area contributed by atoms with E-state index in [1.54, 1.807) is 36.5 Å². The predicted molar refractivity (Wildman–Crippen MR) is 158 cm³/mol. The Balaban J connectivity index is 1.46. The number of hydrogen-bond acceptors (Lipinski definition) is 7. The second-order valence-corrected chi connectivity index (χ2v) is 10.9. The molecule has 1 fully saturated rings. The van der Waals surface area contributed by atoms with Gasteiger partial charge >= 0.3 is 0 Å². The van der Waals surface area contributed by atoms with Gasteiger partial charge in [-0.1, -0.05) is 46.8 Å². The summed E-state index contributed by atoms with van der Waals surface area (Å²) < 4.78 is 13.6. The first-order chi connectivity index (χ1) is 19.3. The van der Waals surface area contributed by atoms with Crippen LogP contribution in [0.4, 0.5) is 5.69 Å². The first kappa shape index (κ1) is 27.8. The van der Waals surface area contributed by atoms with Crippen molar-refractivity contribution in [1.29, 1.82) is 0 Å². The van der Waals surface area contributed by atoms with Crippen LogP contribution in [0, 0.1) is 10.1 Å². The molecule has 3 aromatic carbocycles. The summed E-state index contributed by atoms with van der Waals surface area (Å²) in [6.07, 6.45) is 6.86. The van der Waals surface area contributed by atoms with Crippen LogP contribution < -0.4 is 15.0 Å². The summed E-state index contributed by atoms with van der Waals surface area (Å²) in [4.78, 5) is 28.9. The second-order valence-electron chi connectivity index (χ2n) is 9.57. The van der Waals surface area contributed by atoms with Crippen molar-refractivity contribution in [3.8, 4) is 11.5 Å². The molecule has 11 heteroatoms. The van der Waals surface area contributed by atoms with Gasteiger partial charge in [0, 0.05) is 22.5 Å². The fraction of sp³-hybridized carbons (Fsp3) is 0.276. The largest absolute Gasteiger partial charge is 0.493 e. The molecule has 0 unspecified atom stereocenters. The van der Waals surface area contributed by atoms with Gasteiger partial charge in [0.05, 0.1) is 34.2 Å². The van der Waals surface area contributed by atoms with Crippen LogP contribution in [0.25, 0.3) is 10.9 Å². The van der Waals surface area contributed by atoms with Crippen LogP contribution in [-0.4, -0.2) is 27.9 Å². The maximum atomic E-state index is 13.6. The lowest BCUT2D eigenvalue weighted by Crippen LogP contribution is -2.25. The van der Waals surface area contributed by atoms with Gasteiger partial charge in [0.15, 0.2) is 11.5 Å². The first-order valence-electron chi connectivity index (χ1n) is 12.8.